The minimum Gasteiger partial charge on any atom is -0.484 e. The molecule has 1 N–H and O–H groups in total. The molecule has 25 heavy (non-hydrogen) atoms. The van der Waals surface area contributed by atoms with Crippen LogP contribution in [0.15, 0.2) is 53.1 Å². The number of nitrogens with one attached hydrogen (secondary N) is 1. The molecule has 0 aliphatic rings. The molecule has 128 valence electrons. The largest absolute Gasteiger partial charge is 0.484 e. The Morgan fingerprint density at radius 3 is 2.68 bits per heavy atom. The zero-order chi connectivity index (χ0) is 17.6. The Hall–Kier alpha value is -2.86. The molecule has 0 saturated heterocycles. The first-order valence-electron chi connectivity index (χ1n) is 7.76. The van der Waals surface area contributed by atoms with E-state index in [4.69, 9.17) is 20.9 Å². The van der Waals surface area contributed by atoms with E-state index in [1.165, 1.54) is 0 Å². The number of aromatic nitrogens is 2. The maximum absolute atomic E-state index is 12.2. The lowest BCUT2D eigenvalue weighted by Gasteiger charge is -2.09. The van der Waals surface area contributed by atoms with E-state index in [-0.39, 0.29) is 12.5 Å². The number of carbonyl (C=O) groups excluding carboxylic acids is 1. The molecule has 1 aromatic heterocycles. The SMILES string of the molecule is CCc1noc(-c2ccccc2NC(=O)COc2ccc(Cl)cc2)n1. The molecule has 0 spiro atoms. The number of anilines is 1. The Kier molecular flexibility index (Phi) is 5.30. The number of aryl methyl sites for hydroxylation is 1. The molecule has 0 atom stereocenters. The number of benzene rings is 2. The van der Waals surface area contributed by atoms with E-state index in [1.807, 2.05) is 25.1 Å². The van der Waals surface area contributed by atoms with Gasteiger partial charge in [0.1, 0.15) is 5.75 Å². The number of hydrogen-bond donors (Lipinski definition) is 1. The van der Waals surface area contributed by atoms with Crippen molar-refractivity contribution >= 4 is 23.2 Å². The number of rotatable bonds is 6. The highest BCUT2D eigenvalue weighted by Gasteiger charge is 2.14. The van der Waals surface area contributed by atoms with Crippen LogP contribution in [0.5, 0.6) is 5.75 Å². The fraction of sp³-hybridized carbons (Fsp3) is 0.167. The van der Waals surface area contributed by atoms with Crippen molar-refractivity contribution in [3.8, 4) is 17.2 Å². The van der Waals surface area contributed by atoms with Crippen molar-refractivity contribution in [1.29, 1.82) is 0 Å². The minimum absolute atomic E-state index is 0.125. The summed E-state index contributed by atoms with van der Waals surface area (Å²) in [5, 5.41) is 7.29. The molecule has 3 aromatic rings. The zero-order valence-corrected chi connectivity index (χ0v) is 14.3. The summed E-state index contributed by atoms with van der Waals surface area (Å²) < 4.78 is 10.7. The van der Waals surface area contributed by atoms with Crippen molar-refractivity contribution in [3.63, 3.8) is 0 Å². The molecule has 1 amide bonds. The molecule has 0 unspecified atom stereocenters. The van der Waals surface area contributed by atoms with Crippen molar-refractivity contribution < 1.29 is 14.1 Å². The summed E-state index contributed by atoms with van der Waals surface area (Å²) in [7, 11) is 0. The molecule has 6 nitrogen and oxygen atoms in total. The minimum atomic E-state index is -0.294. The van der Waals surface area contributed by atoms with E-state index in [2.05, 4.69) is 15.5 Å². The number of ether oxygens (including phenoxy) is 1. The van der Waals surface area contributed by atoms with Gasteiger partial charge in [-0.3, -0.25) is 4.79 Å². The number of para-hydroxylation sites is 1. The van der Waals surface area contributed by atoms with Gasteiger partial charge >= 0.3 is 0 Å². The molecule has 0 aliphatic carbocycles. The van der Waals surface area contributed by atoms with E-state index < -0.39 is 0 Å². The molecule has 0 saturated carbocycles. The predicted molar refractivity (Wildman–Crippen MR) is 94.7 cm³/mol. The molecule has 2 aromatic carbocycles. The molecular formula is C18H16ClN3O3. The Labute approximate surface area is 149 Å². The van der Waals surface area contributed by atoms with Gasteiger partial charge in [0, 0.05) is 11.4 Å². The Balaban J connectivity index is 1.68. The highest BCUT2D eigenvalue weighted by molar-refractivity contribution is 6.30. The third-order valence-corrected chi connectivity index (χ3v) is 3.65. The fourth-order valence-corrected chi connectivity index (χ4v) is 2.28. The van der Waals surface area contributed by atoms with Gasteiger partial charge < -0.3 is 14.6 Å². The van der Waals surface area contributed by atoms with Crippen molar-refractivity contribution in [3.05, 3.63) is 59.4 Å². The summed E-state index contributed by atoms with van der Waals surface area (Å²) >= 11 is 5.81. The molecule has 0 aliphatic heterocycles. The van der Waals surface area contributed by atoms with E-state index >= 15 is 0 Å². The molecule has 0 bridgehead atoms. The smallest absolute Gasteiger partial charge is 0.262 e. The standard InChI is InChI=1S/C18H16ClN3O3/c1-2-16-21-18(25-22-16)14-5-3-4-6-15(14)20-17(23)11-24-13-9-7-12(19)8-10-13/h3-10H,2,11H2,1H3,(H,20,23). The van der Waals surface area contributed by atoms with Gasteiger partial charge in [-0.1, -0.05) is 35.8 Å². The first-order valence-corrected chi connectivity index (χ1v) is 8.13. The van der Waals surface area contributed by atoms with Crippen LogP contribution in [0.25, 0.3) is 11.5 Å². The Bertz CT molecular complexity index is 862. The number of carbonyl (C=O) groups is 1. The average molecular weight is 358 g/mol. The first-order chi connectivity index (χ1) is 12.2. The van der Waals surface area contributed by atoms with Crippen molar-refractivity contribution in [2.75, 3.05) is 11.9 Å². The van der Waals surface area contributed by atoms with Gasteiger partial charge in [0.15, 0.2) is 12.4 Å². The Morgan fingerprint density at radius 2 is 1.96 bits per heavy atom. The second-order valence-electron chi connectivity index (χ2n) is 5.21. The maximum atomic E-state index is 12.2. The van der Waals surface area contributed by atoms with Crippen molar-refractivity contribution in [2.24, 2.45) is 0 Å². The van der Waals surface area contributed by atoms with Crippen LogP contribution in [0.2, 0.25) is 5.02 Å². The third-order valence-electron chi connectivity index (χ3n) is 3.40. The van der Waals surface area contributed by atoms with E-state index in [9.17, 15) is 4.79 Å². The molecule has 1 heterocycles. The molecule has 3 rings (SSSR count). The molecular weight excluding hydrogens is 342 g/mol. The van der Waals surface area contributed by atoms with Gasteiger partial charge in [-0.05, 0) is 36.4 Å². The summed E-state index contributed by atoms with van der Waals surface area (Å²) in [5.74, 6) is 1.25. The summed E-state index contributed by atoms with van der Waals surface area (Å²) in [6.07, 6.45) is 0.674. The van der Waals surface area contributed by atoms with E-state index in [1.54, 1.807) is 30.3 Å². The normalized spacial score (nSPS) is 10.5. The van der Waals surface area contributed by atoms with Gasteiger partial charge in [-0.25, -0.2) is 0 Å². The fourth-order valence-electron chi connectivity index (χ4n) is 2.15. The van der Waals surface area contributed by atoms with Crippen LogP contribution in [-0.4, -0.2) is 22.7 Å². The Morgan fingerprint density at radius 1 is 1.20 bits per heavy atom. The van der Waals surface area contributed by atoms with Gasteiger partial charge in [0.25, 0.3) is 11.8 Å². The van der Waals surface area contributed by atoms with Crippen LogP contribution in [0, 0.1) is 0 Å². The summed E-state index contributed by atoms with van der Waals surface area (Å²) in [5.41, 5.74) is 1.24. The number of halogens is 1. The van der Waals surface area contributed by atoms with Gasteiger partial charge in [-0.15, -0.1) is 0 Å². The first kappa shape index (κ1) is 17.0. The zero-order valence-electron chi connectivity index (χ0n) is 13.5. The highest BCUT2D eigenvalue weighted by Crippen LogP contribution is 2.26. The van der Waals surface area contributed by atoms with Gasteiger partial charge in [-0.2, -0.15) is 4.98 Å². The maximum Gasteiger partial charge on any atom is 0.262 e. The van der Waals surface area contributed by atoms with Gasteiger partial charge in [0.2, 0.25) is 0 Å². The number of nitrogens with zero attached hydrogens (tertiary/aromatic N) is 2. The summed E-state index contributed by atoms with van der Waals surface area (Å²) in [6, 6.07) is 14.0. The topological polar surface area (TPSA) is 77.2 Å². The summed E-state index contributed by atoms with van der Waals surface area (Å²) in [6.45, 7) is 1.82. The second kappa shape index (κ2) is 7.81. The lowest BCUT2D eigenvalue weighted by molar-refractivity contribution is -0.118. The van der Waals surface area contributed by atoms with Crippen LogP contribution >= 0.6 is 11.6 Å². The van der Waals surface area contributed by atoms with Crippen molar-refractivity contribution in [1.82, 2.24) is 10.1 Å². The van der Waals surface area contributed by atoms with Crippen LogP contribution in [0.4, 0.5) is 5.69 Å². The van der Waals surface area contributed by atoms with E-state index in [0.717, 1.165) is 0 Å². The third kappa shape index (κ3) is 4.36. The number of amides is 1. The van der Waals surface area contributed by atoms with Crippen LogP contribution in [0.1, 0.15) is 12.7 Å². The monoisotopic (exact) mass is 357 g/mol. The predicted octanol–water partition coefficient (Wildman–Crippen LogP) is 3.97. The van der Waals surface area contributed by atoms with Crippen LogP contribution in [-0.2, 0) is 11.2 Å². The van der Waals surface area contributed by atoms with Crippen molar-refractivity contribution in [2.45, 2.75) is 13.3 Å². The van der Waals surface area contributed by atoms with E-state index in [0.29, 0.717) is 40.2 Å². The van der Waals surface area contributed by atoms with Crippen LogP contribution in [0.3, 0.4) is 0 Å². The summed E-state index contributed by atoms with van der Waals surface area (Å²) in [4.78, 5) is 16.5. The average Bonchev–Trinajstić information content (AvgIpc) is 3.11. The lowest BCUT2D eigenvalue weighted by Crippen LogP contribution is -2.20. The van der Waals surface area contributed by atoms with Crippen LogP contribution < -0.4 is 10.1 Å². The second-order valence-corrected chi connectivity index (χ2v) is 5.64. The lowest BCUT2D eigenvalue weighted by atomic mass is 10.1. The highest BCUT2D eigenvalue weighted by atomic mass is 35.5. The quantitative estimate of drug-likeness (QED) is 0.722. The molecule has 7 heteroatoms. The van der Waals surface area contributed by atoms with Gasteiger partial charge in [0.05, 0.1) is 11.3 Å². The number of hydrogen-bond acceptors (Lipinski definition) is 5. The molecule has 0 fully saturated rings. The molecule has 0 radical (unpaired) electrons.